The number of nitrogens with two attached hydrogens (primary N) is 1. The van der Waals surface area contributed by atoms with Crippen LogP contribution >= 0.6 is 0 Å². The normalized spacial score (nSPS) is 14.5. The van der Waals surface area contributed by atoms with E-state index in [4.69, 9.17) is 15.2 Å². The molecule has 0 bridgehead atoms. The fraction of sp³-hybridized carbons (Fsp3) is 0.500. The lowest BCUT2D eigenvalue weighted by Gasteiger charge is -2.14. The van der Waals surface area contributed by atoms with Gasteiger partial charge in [0.1, 0.15) is 0 Å². The van der Waals surface area contributed by atoms with Crippen molar-refractivity contribution in [1.29, 1.82) is 0 Å². The summed E-state index contributed by atoms with van der Waals surface area (Å²) in [4.78, 5) is 12.0. The first-order valence-corrected chi connectivity index (χ1v) is 6.49. The Morgan fingerprint density at radius 2 is 2.11 bits per heavy atom. The summed E-state index contributed by atoms with van der Waals surface area (Å²) < 4.78 is 10.4. The van der Waals surface area contributed by atoms with E-state index in [1.165, 1.54) is 0 Å². The maximum Gasteiger partial charge on any atom is 0.251 e. The number of rotatable bonds is 5. The highest BCUT2D eigenvalue weighted by molar-refractivity contribution is 5.94. The van der Waals surface area contributed by atoms with Crippen molar-refractivity contribution in [1.82, 2.24) is 5.32 Å². The molecule has 0 saturated carbocycles. The third kappa shape index (κ3) is 3.61. The van der Waals surface area contributed by atoms with Crippen LogP contribution in [0.3, 0.4) is 0 Å². The number of ether oxygens (including phenoxy) is 2. The predicted octanol–water partition coefficient (Wildman–Crippen LogP) is 1.52. The predicted molar refractivity (Wildman–Crippen MR) is 72.3 cm³/mol. The lowest BCUT2D eigenvalue weighted by atomic mass is 10.0. The molecule has 3 N–H and O–H groups in total. The molecule has 2 rings (SSSR count). The maximum atomic E-state index is 12.0. The molecule has 5 heteroatoms. The molecule has 1 aromatic carbocycles. The largest absolute Gasteiger partial charge is 0.454 e. The van der Waals surface area contributed by atoms with Crippen LogP contribution in [0.5, 0.6) is 11.5 Å². The van der Waals surface area contributed by atoms with Gasteiger partial charge in [0.25, 0.3) is 5.91 Å². The van der Waals surface area contributed by atoms with Gasteiger partial charge >= 0.3 is 0 Å². The highest BCUT2D eigenvalue weighted by Gasteiger charge is 2.16. The van der Waals surface area contributed by atoms with E-state index in [1.54, 1.807) is 18.2 Å². The van der Waals surface area contributed by atoms with Crippen molar-refractivity contribution in [3.05, 3.63) is 23.8 Å². The van der Waals surface area contributed by atoms with Gasteiger partial charge in [0, 0.05) is 18.2 Å². The minimum absolute atomic E-state index is 0.0158. The Bertz CT molecular complexity index is 460. The first-order valence-electron chi connectivity index (χ1n) is 6.49. The summed E-state index contributed by atoms with van der Waals surface area (Å²) in [6.45, 7) is 4.91. The second kappa shape index (κ2) is 5.93. The van der Waals surface area contributed by atoms with E-state index in [9.17, 15) is 4.79 Å². The monoisotopic (exact) mass is 264 g/mol. The molecule has 0 fully saturated rings. The van der Waals surface area contributed by atoms with E-state index in [1.807, 2.05) is 0 Å². The van der Waals surface area contributed by atoms with Crippen LogP contribution < -0.4 is 20.5 Å². The van der Waals surface area contributed by atoms with E-state index in [2.05, 4.69) is 19.2 Å². The molecule has 1 heterocycles. The molecule has 0 aliphatic carbocycles. The second-order valence-electron chi connectivity index (χ2n) is 5.17. The summed E-state index contributed by atoms with van der Waals surface area (Å²) in [7, 11) is 0. The smallest absolute Gasteiger partial charge is 0.251 e. The van der Waals surface area contributed by atoms with Gasteiger partial charge in [-0.1, -0.05) is 13.8 Å². The van der Waals surface area contributed by atoms with E-state index in [0.29, 0.717) is 29.5 Å². The van der Waals surface area contributed by atoms with Crippen LogP contribution in [-0.4, -0.2) is 25.3 Å². The molecule has 5 nitrogen and oxygen atoms in total. The Morgan fingerprint density at radius 3 is 2.84 bits per heavy atom. The molecule has 1 atom stereocenters. The van der Waals surface area contributed by atoms with E-state index in [-0.39, 0.29) is 18.7 Å². The van der Waals surface area contributed by atoms with Crippen molar-refractivity contribution in [2.45, 2.75) is 26.3 Å². The molecular weight excluding hydrogens is 244 g/mol. The quantitative estimate of drug-likeness (QED) is 0.845. The summed E-state index contributed by atoms with van der Waals surface area (Å²) in [6.07, 6.45) is 0.890. The summed E-state index contributed by atoms with van der Waals surface area (Å²) in [5.41, 5.74) is 6.49. The van der Waals surface area contributed by atoms with Crippen LogP contribution in [0.15, 0.2) is 18.2 Å². The van der Waals surface area contributed by atoms with Crippen LogP contribution in [0.2, 0.25) is 0 Å². The lowest BCUT2D eigenvalue weighted by molar-refractivity contribution is 0.0949. The molecule has 19 heavy (non-hydrogen) atoms. The second-order valence-corrected chi connectivity index (χ2v) is 5.17. The standard InChI is InChI=1S/C14H20N2O3/c1-9(2)5-11(15)7-16-14(17)10-3-4-12-13(6-10)19-8-18-12/h3-4,6,9,11H,5,7-8,15H2,1-2H3,(H,16,17). The molecule has 0 spiro atoms. The Balaban J connectivity index is 1.90. The Kier molecular flexibility index (Phi) is 4.27. The van der Waals surface area contributed by atoms with Crippen molar-refractivity contribution in [3.63, 3.8) is 0 Å². The average molecular weight is 264 g/mol. The van der Waals surface area contributed by atoms with Crippen molar-refractivity contribution >= 4 is 5.91 Å². The SMILES string of the molecule is CC(C)CC(N)CNC(=O)c1ccc2c(c1)OCO2. The summed E-state index contributed by atoms with van der Waals surface area (Å²) in [5.74, 6) is 1.67. The molecule has 1 amide bonds. The van der Waals surface area contributed by atoms with Crippen LogP contribution in [0.1, 0.15) is 30.6 Å². The van der Waals surface area contributed by atoms with Crippen molar-refractivity contribution in [2.75, 3.05) is 13.3 Å². The number of hydrogen-bond donors (Lipinski definition) is 2. The third-order valence-corrected chi connectivity index (χ3v) is 2.93. The number of carbonyl (C=O) groups excluding carboxylic acids is 1. The molecule has 1 aromatic rings. The zero-order chi connectivity index (χ0) is 13.8. The maximum absolute atomic E-state index is 12.0. The fourth-order valence-electron chi connectivity index (χ4n) is 2.05. The van der Waals surface area contributed by atoms with Crippen LogP contribution in [0.4, 0.5) is 0 Å². The Morgan fingerprint density at radius 1 is 1.37 bits per heavy atom. The molecule has 0 aromatic heterocycles. The van der Waals surface area contributed by atoms with Gasteiger partial charge in [-0.15, -0.1) is 0 Å². The lowest BCUT2D eigenvalue weighted by Crippen LogP contribution is -2.38. The number of nitrogens with one attached hydrogen (secondary N) is 1. The molecule has 1 aliphatic rings. The van der Waals surface area contributed by atoms with E-state index < -0.39 is 0 Å². The highest BCUT2D eigenvalue weighted by atomic mass is 16.7. The summed E-state index contributed by atoms with van der Waals surface area (Å²) in [5, 5.41) is 2.83. The fourth-order valence-corrected chi connectivity index (χ4v) is 2.05. The van der Waals surface area contributed by atoms with Crippen molar-refractivity contribution in [3.8, 4) is 11.5 Å². The summed E-state index contributed by atoms with van der Waals surface area (Å²) >= 11 is 0. The van der Waals surface area contributed by atoms with Gasteiger partial charge in [-0.25, -0.2) is 0 Å². The summed E-state index contributed by atoms with van der Waals surface area (Å²) in [6, 6.07) is 5.13. The van der Waals surface area contributed by atoms with Crippen LogP contribution in [0.25, 0.3) is 0 Å². The molecule has 1 aliphatic heterocycles. The van der Waals surface area contributed by atoms with Gasteiger partial charge in [-0.2, -0.15) is 0 Å². The number of amides is 1. The molecule has 0 radical (unpaired) electrons. The third-order valence-electron chi connectivity index (χ3n) is 2.93. The van der Waals surface area contributed by atoms with E-state index >= 15 is 0 Å². The van der Waals surface area contributed by atoms with Crippen molar-refractivity contribution < 1.29 is 14.3 Å². The van der Waals surface area contributed by atoms with Crippen molar-refractivity contribution in [2.24, 2.45) is 11.7 Å². The number of fused-ring (bicyclic) bond motifs is 1. The first-order chi connectivity index (χ1) is 9.06. The van der Waals surface area contributed by atoms with Gasteiger partial charge in [-0.3, -0.25) is 4.79 Å². The molecule has 0 saturated heterocycles. The molecule has 104 valence electrons. The zero-order valence-corrected chi connectivity index (χ0v) is 11.3. The molecular formula is C14H20N2O3. The highest BCUT2D eigenvalue weighted by Crippen LogP contribution is 2.32. The number of benzene rings is 1. The Labute approximate surface area is 113 Å². The first kappa shape index (κ1) is 13.7. The number of hydrogen-bond acceptors (Lipinski definition) is 4. The van der Waals surface area contributed by atoms with Crippen LogP contribution in [0, 0.1) is 5.92 Å². The minimum Gasteiger partial charge on any atom is -0.454 e. The van der Waals surface area contributed by atoms with Gasteiger partial charge in [0.05, 0.1) is 0 Å². The van der Waals surface area contributed by atoms with Gasteiger partial charge in [0.2, 0.25) is 6.79 Å². The number of carbonyl (C=O) groups is 1. The van der Waals surface area contributed by atoms with Gasteiger partial charge < -0.3 is 20.5 Å². The van der Waals surface area contributed by atoms with Crippen LogP contribution in [-0.2, 0) is 0 Å². The Hall–Kier alpha value is -1.75. The van der Waals surface area contributed by atoms with Gasteiger partial charge in [0.15, 0.2) is 11.5 Å². The minimum atomic E-state index is -0.141. The molecule has 1 unspecified atom stereocenters. The zero-order valence-electron chi connectivity index (χ0n) is 11.3. The van der Waals surface area contributed by atoms with E-state index in [0.717, 1.165) is 6.42 Å². The topological polar surface area (TPSA) is 73.6 Å². The van der Waals surface area contributed by atoms with Gasteiger partial charge in [-0.05, 0) is 30.5 Å². The average Bonchev–Trinajstić information content (AvgIpc) is 2.82.